The first-order valence-corrected chi connectivity index (χ1v) is 6.83. The van der Waals surface area contributed by atoms with Crippen LogP contribution in [0.25, 0.3) is 5.95 Å². The van der Waals surface area contributed by atoms with E-state index in [9.17, 15) is 0 Å². The Labute approximate surface area is 117 Å². The number of hydrogen-bond donors (Lipinski definition) is 1. The molecule has 7 heteroatoms. The van der Waals surface area contributed by atoms with Gasteiger partial charge in [0.15, 0.2) is 0 Å². The molecule has 0 saturated carbocycles. The fraction of sp³-hybridized carbons (Fsp3) is 0.500. The van der Waals surface area contributed by atoms with E-state index in [2.05, 4.69) is 32.3 Å². The van der Waals surface area contributed by atoms with E-state index < -0.39 is 0 Å². The molecule has 1 N–H and O–H groups in total. The molecule has 2 rings (SSSR count). The quantitative estimate of drug-likeness (QED) is 0.790. The third-order valence-corrected chi connectivity index (χ3v) is 2.79. The first kappa shape index (κ1) is 13.7. The predicted octanol–water partition coefficient (Wildman–Crippen LogP) is 2.70. The highest BCUT2D eigenvalue weighted by atomic mass is 35.5. The van der Waals surface area contributed by atoms with Crippen molar-refractivity contribution in [3.63, 3.8) is 0 Å². The maximum absolute atomic E-state index is 5.89. The second kappa shape index (κ2) is 7.04. The standard InChI is InChI=1S/C12H17ClN6/c1-2-3-4-5-7-14-11-16-10(13)17-12(18-11)19-9-6-8-15-19/h6,8-9H,2-5,7H2,1H3,(H,14,16,17,18). The maximum atomic E-state index is 5.89. The van der Waals surface area contributed by atoms with Gasteiger partial charge in [0.05, 0.1) is 0 Å². The molecule has 2 heterocycles. The van der Waals surface area contributed by atoms with Gasteiger partial charge in [-0.05, 0) is 24.1 Å². The smallest absolute Gasteiger partial charge is 0.256 e. The average molecular weight is 281 g/mol. The predicted molar refractivity (Wildman–Crippen MR) is 74.6 cm³/mol. The number of halogens is 1. The molecule has 0 bridgehead atoms. The first-order chi connectivity index (χ1) is 9.29. The van der Waals surface area contributed by atoms with Crippen molar-refractivity contribution in [1.82, 2.24) is 24.7 Å². The molecule has 6 nitrogen and oxygen atoms in total. The van der Waals surface area contributed by atoms with E-state index in [1.807, 2.05) is 0 Å². The van der Waals surface area contributed by atoms with Crippen LogP contribution in [0.15, 0.2) is 18.5 Å². The summed E-state index contributed by atoms with van der Waals surface area (Å²) in [6, 6.07) is 1.80. The molecule has 0 unspecified atom stereocenters. The highest BCUT2D eigenvalue weighted by Crippen LogP contribution is 2.09. The monoisotopic (exact) mass is 280 g/mol. The number of rotatable bonds is 7. The van der Waals surface area contributed by atoms with Gasteiger partial charge in [0.1, 0.15) is 0 Å². The van der Waals surface area contributed by atoms with Gasteiger partial charge in [-0.1, -0.05) is 26.2 Å². The van der Waals surface area contributed by atoms with Crippen molar-refractivity contribution in [1.29, 1.82) is 0 Å². The number of aromatic nitrogens is 5. The van der Waals surface area contributed by atoms with Crippen LogP contribution in [-0.2, 0) is 0 Å². The van der Waals surface area contributed by atoms with Gasteiger partial charge in [0, 0.05) is 18.9 Å². The SMILES string of the molecule is CCCCCCNc1nc(Cl)nc(-n2cccn2)n1. The molecular formula is C12H17ClN6. The Morgan fingerprint density at radius 3 is 2.84 bits per heavy atom. The van der Waals surface area contributed by atoms with Crippen molar-refractivity contribution < 1.29 is 0 Å². The Morgan fingerprint density at radius 2 is 2.11 bits per heavy atom. The number of hydrogen-bond acceptors (Lipinski definition) is 5. The lowest BCUT2D eigenvalue weighted by atomic mass is 10.2. The average Bonchev–Trinajstić information content (AvgIpc) is 2.92. The zero-order chi connectivity index (χ0) is 13.5. The molecule has 0 aliphatic carbocycles. The molecule has 2 aromatic rings. The molecule has 0 aromatic carbocycles. The summed E-state index contributed by atoms with van der Waals surface area (Å²) in [5.41, 5.74) is 0. The van der Waals surface area contributed by atoms with Gasteiger partial charge in [-0.15, -0.1) is 0 Å². The minimum absolute atomic E-state index is 0.163. The third-order valence-electron chi connectivity index (χ3n) is 2.62. The Kier molecular flexibility index (Phi) is 5.09. The topological polar surface area (TPSA) is 68.5 Å². The fourth-order valence-electron chi connectivity index (χ4n) is 1.66. The van der Waals surface area contributed by atoms with Crippen molar-refractivity contribution in [3.8, 4) is 5.95 Å². The summed E-state index contributed by atoms with van der Waals surface area (Å²) in [4.78, 5) is 12.4. The van der Waals surface area contributed by atoms with Gasteiger partial charge in [-0.2, -0.15) is 20.1 Å². The zero-order valence-corrected chi connectivity index (χ0v) is 11.6. The summed E-state index contributed by atoms with van der Waals surface area (Å²) in [5.74, 6) is 0.906. The van der Waals surface area contributed by atoms with Crippen LogP contribution in [0, 0.1) is 0 Å². The fourth-order valence-corrected chi connectivity index (χ4v) is 1.82. The van der Waals surface area contributed by atoms with E-state index in [1.165, 1.54) is 19.3 Å². The van der Waals surface area contributed by atoms with E-state index in [1.54, 1.807) is 23.1 Å². The Bertz CT molecular complexity index is 499. The lowest BCUT2D eigenvalue weighted by Gasteiger charge is -2.06. The zero-order valence-electron chi connectivity index (χ0n) is 10.9. The van der Waals surface area contributed by atoms with E-state index in [0.29, 0.717) is 11.9 Å². The van der Waals surface area contributed by atoms with Crippen molar-refractivity contribution >= 4 is 17.5 Å². The van der Waals surface area contributed by atoms with Crippen molar-refractivity contribution in [2.24, 2.45) is 0 Å². The Hall–Kier alpha value is -1.69. The molecule has 2 aromatic heterocycles. The molecule has 0 fully saturated rings. The van der Waals surface area contributed by atoms with Gasteiger partial charge in [-0.25, -0.2) is 4.68 Å². The van der Waals surface area contributed by atoms with Gasteiger partial charge in [0.2, 0.25) is 11.2 Å². The van der Waals surface area contributed by atoms with Gasteiger partial charge >= 0.3 is 0 Å². The van der Waals surface area contributed by atoms with E-state index in [4.69, 9.17) is 11.6 Å². The summed E-state index contributed by atoms with van der Waals surface area (Å²) in [6.45, 7) is 3.02. The highest BCUT2D eigenvalue weighted by molar-refractivity contribution is 6.28. The van der Waals surface area contributed by atoms with E-state index in [-0.39, 0.29) is 5.28 Å². The highest BCUT2D eigenvalue weighted by Gasteiger charge is 2.06. The molecule has 0 saturated heterocycles. The minimum atomic E-state index is 0.163. The van der Waals surface area contributed by atoms with Crippen LogP contribution in [0.5, 0.6) is 0 Å². The van der Waals surface area contributed by atoms with Crippen LogP contribution >= 0.6 is 11.6 Å². The summed E-state index contributed by atoms with van der Waals surface area (Å²) < 4.78 is 1.55. The Morgan fingerprint density at radius 1 is 1.21 bits per heavy atom. The maximum Gasteiger partial charge on any atom is 0.256 e. The molecule has 102 valence electrons. The summed E-state index contributed by atoms with van der Waals surface area (Å²) in [6.07, 6.45) is 8.19. The molecule has 0 aliphatic rings. The van der Waals surface area contributed by atoms with Crippen LogP contribution in [0.4, 0.5) is 5.95 Å². The second-order valence-electron chi connectivity index (χ2n) is 4.17. The van der Waals surface area contributed by atoms with Crippen LogP contribution in [-0.4, -0.2) is 31.3 Å². The molecule has 0 radical (unpaired) electrons. The van der Waals surface area contributed by atoms with Crippen molar-refractivity contribution in [2.75, 3.05) is 11.9 Å². The number of anilines is 1. The van der Waals surface area contributed by atoms with Crippen LogP contribution in [0.3, 0.4) is 0 Å². The third kappa shape index (κ3) is 4.17. The van der Waals surface area contributed by atoms with Gasteiger partial charge < -0.3 is 5.32 Å². The second-order valence-corrected chi connectivity index (χ2v) is 4.50. The molecule has 0 amide bonds. The molecular weight excluding hydrogens is 264 g/mol. The van der Waals surface area contributed by atoms with Crippen LogP contribution in [0.2, 0.25) is 5.28 Å². The lowest BCUT2D eigenvalue weighted by Crippen LogP contribution is -2.10. The van der Waals surface area contributed by atoms with Crippen molar-refractivity contribution in [2.45, 2.75) is 32.6 Å². The minimum Gasteiger partial charge on any atom is -0.354 e. The summed E-state index contributed by atoms with van der Waals surface area (Å²) in [5, 5.41) is 7.39. The summed E-state index contributed by atoms with van der Waals surface area (Å²) >= 11 is 5.89. The Balaban J connectivity index is 1.97. The number of unbranched alkanes of at least 4 members (excludes halogenated alkanes) is 3. The van der Waals surface area contributed by atoms with Gasteiger partial charge in [-0.3, -0.25) is 0 Å². The molecule has 0 aliphatic heterocycles. The normalized spacial score (nSPS) is 10.6. The van der Waals surface area contributed by atoms with Crippen LogP contribution < -0.4 is 5.32 Å². The molecule has 0 spiro atoms. The van der Waals surface area contributed by atoms with Gasteiger partial charge in [0.25, 0.3) is 5.95 Å². The number of nitrogens with zero attached hydrogens (tertiary/aromatic N) is 5. The largest absolute Gasteiger partial charge is 0.354 e. The number of nitrogens with one attached hydrogen (secondary N) is 1. The molecule has 0 atom stereocenters. The van der Waals surface area contributed by atoms with E-state index in [0.717, 1.165) is 13.0 Å². The summed E-state index contributed by atoms with van der Waals surface area (Å²) in [7, 11) is 0. The molecule has 19 heavy (non-hydrogen) atoms. The van der Waals surface area contributed by atoms with E-state index >= 15 is 0 Å². The lowest BCUT2D eigenvalue weighted by molar-refractivity contribution is 0.682. The first-order valence-electron chi connectivity index (χ1n) is 6.45. The van der Waals surface area contributed by atoms with Crippen molar-refractivity contribution in [3.05, 3.63) is 23.7 Å². The van der Waals surface area contributed by atoms with Crippen LogP contribution in [0.1, 0.15) is 32.6 Å².